The highest BCUT2D eigenvalue weighted by atomic mass is 32.2. The average Bonchev–Trinajstić information content (AvgIpc) is 2.07. The number of carbonyl (C=O) groups is 1. The Morgan fingerprint density at radius 2 is 1.88 bits per heavy atom. The maximum Gasteiger partial charge on any atom is 0.337 e. The number of nitrogens with one attached hydrogen (secondary N) is 1. The first kappa shape index (κ1) is 12.5. The summed E-state index contributed by atoms with van der Waals surface area (Å²) in [4.78, 5) is 11.0. The lowest BCUT2D eigenvalue weighted by Gasteiger charge is -2.12. The molecule has 2 N–H and O–H groups in total. The first-order valence-corrected chi connectivity index (χ1v) is 6.42. The van der Waals surface area contributed by atoms with E-state index < -0.39 is 16.0 Å². The molecule has 0 saturated heterocycles. The molecule has 0 aliphatic heterocycles. The van der Waals surface area contributed by atoms with Crippen LogP contribution in [0.25, 0.3) is 0 Å². The van der Waals surface area contributed by atoms with E-state index in [9.17, 15) is 13.2 Å². The third kappa shape index (κ3) is 2.96. The molecule has 1 rings (SSSR count). The molecule has 0 spiro atoms. The molecule has 0 aliphatic carbocycles. The van der Waals surface area contributed by atoms with Crippen molar-refractivity contribution in [2.24, 2.45) is 0 Å². The van der Waals surface area contributed by atoms with E-state index in [1.54, 1.807) is 19.9 Å². The van der Waals surface area contributed by atoms with Gasteiger partial charge in [0.15, 0.2) is 0 Å². The number of rotatable bonds is 3. The van der Waals surface area contributed by atoms with Crippen LogP contribution in [0.1, 0.15) is 21.5 Å². The Morgan fingerprint density at radius 3 is 2.31 bits per heavy atom. The van der Waals surface area contributed by atoms with Gasteiger partial charge in [0.2, 0.25) is 10.0 Å². The Kier molecular flexibility index (Phi) is 3.23. The zero-order chi connectivity index (χ0) is 12.5. The van der Waals surface area contributed by atoms with Crippen molar-refractivity contribution < 1.29 is 18.3 Å². The van der Waals surface area contributed by atoms with E-state index >= 15 is 0 Å². The Morgan fingerprint density at radius 1 is 1.31 bits per heavy atom. The van der Waals surface area contributed by atoms with Gasteiger partial charge in [-0.3, -0.25) is 4.72 Å². The molecule has 0 radical (unpaired) electrons. The van der Waals surface area contributed by atoms with Gasteiger partial charge in [-0.1, -0.05) is 6.07 Å². The number of carboxylic acids is 1. The molecule has 0 amide bonds. The van der Waals surface area contributed by atoms with Crippen molar-refractivity contribution in [2.45, 2.75) is 13.8 Å². The number of anilines is 1. The fourth-order valence-corrected chi connectivity index (χ4v) is 2.10. The van der Waals surface area contributed by atoms with Gasteiger partial charge in [-0.25, -0.2) is 13.2 Å². The van der Waals surface area contributed by atoms with Gasteiger partial charge < -0.3 is 5.11 Å². The summed E-state index contributed by atoms with van der Waals surface area (Å²) in [5.41, 5.74) is 1.44. The van der Waals surface area contributed by atoms with Crippen molar-refractivity contribution >= 4 is 21.7 Å². The van der Waals surface area contributed by atoms with Gasteiger partial charge in [0.05, 0.1) is 17.5 Å². The predicted octanol–water partition coefficient (Wildman–Crippen LogP) is 1.37. The first-order valence-electron chi connectivity index (χ1n) is 4.53. The molecule has 6 heteroatoms. The number of hydrogen-bond acceptors (Lipinski definition) is 3. The number of hydrogen-bond donors (Lipinski definition) is 2. The highest BCUT2D eigenvalue weighted by Gasteiger charge is 2.16. The second kappa shape index (κ2) is 4.13. The normalized spacial score (nSPS) is 11.2. The predicted molar refractivity (Wildman–Crippen MR) is 61.3 cm³/mol. The minimum Gasteiger partial charge on any atom is -0.478 e. The zero-order valence-corrected chi connectivity index (χ0v) is 10.1. The van der Waals surface area contributed by atoms with Crippen molar-refractivity contribution in [3.8, 4) is 0 Å². The molecule has 0 aromatic heterocycles. The lowest BCUT2D eigenvalue weighted by atomic mass is 10.0. The van der Waals surface area contributed by atoms with Gasteiger partial charge in [0, 0.05) is 0 Å². The van der Waals surface area contributed by atoms with E-state index in [0.29, 0.717) is 5.56 Å². The van der Waals surface area contributed by atoms with Crippen LogP contribution in [-0.2, 0) is 10.0 Å². The average molecular weight is 243 g/mol. The van der Waals surface area contributed by atoms with Gasteiger partial charge in [-0.15, -0.1) is 0 Å². The third-order valence-electron chi connectivity index (χ3n) is 2.00. The third-order valence-corrected chi connectivity index (χ3v) is 2.57. The monoisotopic (exact) mass is 243 g/mol. The van der Waals surface area contributed by atoms with Crippen molar-refractivity contribution in [1.29, 1.82) is 0 Å². The molecule has 0 saturated carbocycles. The Hall–Kier alpha value is -1.56. The molecule has 0 bridgehead atoms. The van der Waals surface area contributed by atoms with Crippen LogP contribution in [-0.4, -0.2) is 25.7 Å². The number of aromatic carboxylic acids is 1. The van der Waals surface area contributed by atoms with E-state index in [-0.39, 0.29) is 11.3 Å². The van der Waals surface area contributed by atoms with Crippen molar-refractivity contribution in [3.05, 3.63) is 28.8 Å². The molecular weight excluding hydrogens is 230 g/mol. The van der Waals surface area contributed by atoms with E-state index in [1.165, 1.54) is 6.07 Å². The molecule has 0 heterocycles. The molecule has 0 aliphatic rings. The summed E-state index contributed by atoms with van der Waals surface area (Å²) in [6, 6.07) is 3.16. The molecule has 0 atom stereocenters. The molecule has 0 fully saturated rings. The molecular formula is C10H13NO4S. The van der Waals surface area contributed by atoms with Crippen molar-refractivity contribution in [2.75, 3.05) is 11.0 Å². The van der Waals surface area contributed by atoms with Crippen molar-refractivity contribution in [1.82, 2.24) is 0 Å². The van der Waals surface area contributed by atoms with E-state index in [0.717, 1.165) is 11.8 Å². The summed E-state index contributed by atoms with van der Waals surface area (Å²) < 4.78 is 24.4. The summed E-state index contributed by atoms with van der Waals surface area (Å²) in [6.45, 7) is 3.41. The van der Waals surface area contributed by atoms with Gasteiger partial charge in [-0.2, -0.15) is 0 Å². The zero-order valence-electron chi connectivity index (χ0n) is 9.23. The number of benzene rings is 1. The van der Waals surface area contributed by atoms with Crippen LogP contribution in [0.2, 0.25) is 0 Å². The van der Waals surface area contributed by atoms with Gasteiger partial charge >= 0.3 is 5.97 Å². The van der Waals surface area contributed by atoms with Crippen LogP contribution >= 0.6 is 0 Å². The van der Waals surface area contributed by atoms with Gasteiger partial charge in [0.1, 0.15) is 0 Å². The fourth-order valence-electron chi connectivity index (χ4n) is 1.46. The highest BCUT2D eigenvalue weighted by molar-refractivity contribution is 7.92. The van der Waals surface area contributed by atoms with Crippen LogP contribution in [0.5, 0.6) is 0 Å². The van der Waals surface area contributed by atoms with Crippen LogP contribution in [0, 0.1) is 13.8 Å². The van der Waals surface area contributed by atoms with Gasteiger partial charge in [-0.05, 0) is 31.0 Å². The standard InChI is InChI=1S/C10H13NO4S/c1-6-4-7(2)9(11-16(3,14)15)8(5-6)10(12)13/h4-5,11H,1-3H3,(H,12,13). The number of sulfonamides is 1. The quantitative estimate of drug-likeness (QED) is 0.839. The Bertz CT molecular complexity index is 534. The van der Waals surface area contributed by atoms with Gasteiger partial charge in [0.25, 0.3) is 0 Å². The lowest BCUT2D eigenvalue weighted by Crippen LogP contribution is -2.14. The van der Waals surface area contributed by atoms with Crippen LogP contribution in [0.3, 0.4) is 0 Å². The van der Waals surface area contributed by atoms with Crippen LogP contribution in [0.4, 0.5) is 5.69 Å². The largest absolute Gasteiger partial charge is 0.478 e. The maximum absolute atomic E-state index is 11.1. The fraction of sp³-hybridized carbons (Fsp3) is 0.300. The number of carboxylic acid groups (broad SMARTS) is 1. The molecule has 5 nitrogen and oxygen atoms in total. The molecule has 0 unspecified atom stereocenters. The van der Waals surface area contributed by atoms with Crippen molar-refractivity contribution in [3.63, 3.8) is 0 Å². The SMILES string of the molecule is Cc1cc(C)c(NS(C)(=O)=O)c(C(=O)O)c1. The minimum atomic E-state index is -3.48. The summed E-state index contributed by atoms with van der Waals surface area (Å²) >= 11 is 0. The molecule has 1 aromatic rings. The summed E-state index contributed by atoms with van der Waals surface area (Å²) in [7, 11) is -3.48. The lowest BCUT2D eigenvalue weighted by molar-refractivity contribution is 0.0698. The Labute approximate surface area is 94.2 Å². The molecule has 88 valence electrons. The van der Waals surface area contributed by atoms with E-state index in [2.05, 4.69) is 4.72 Å². The van der Waals surface area contributed by atoms with E-state index in [4.69, 9.17) is 5.11 Å². The Balaban J connectivity index is 3.41. The van der Waals surface area contributed by atoms with Crippen LogP contribution < -0.4 is 4.72 Å². The minimum absolute atomic E-state index is 0.0390. The van der Waals surface area contributed by atoms with E-state index in [1.807, 2.05) is 0 Å². The summed E-state index contributed by atoms with van der Waals surface area (Å²) in [5.74, 6) is -1.15. The molecule has 16 heavy (non-hydrogen) atoms. The number of aryl methyl sites for hydroxylation is 2. The smallest absolute Gasteiger partial charge is 0.337 e. The second-order valence-electron chi connectivity index (χ2n) is 3.68. The first-order chi connectivity index (χ1) is 7.20. The topological polar surface area (TPSA) is 83.5 Å². The van der Waals surface area contributed by atoms with Crippen LogP contribution in [0.15, 0.2) is 12.1 Å². The summed E-state index contributed by atoms with van der Waals surface area (Å²) in [6.07, 6.45) is 0.984. The summed E-state index contributed by atoms with van der Waals surface area (Å²) in [5, 5.41) is 8.98. The maximum atomic E-state index is 11.1. The molecule has 1 aromatic carbocycles. The second-order valence-corrected chi connectivity index (χ2v) is 5.43. The highest BCUT2D eigenvalue weighted by Crippen LogP contribution is 2.23.